The van der Waals surface area contributed by atoms with Gasteiger partial charge in [-0.25, -0.2) is 14.4 Å². The van der Waals surface area contributed by atoms with E-state index in [9.17, 15) is 4.39 Å². The van der Waals surface area contributed by atoms with Crippen molar-refractivity contribution in [3.63, 3.8) is 0 Å². The largest absolute Gasteiger partial charge is 0.481 e. The number of hydrogen-bond acceptors (Lipinski definition) is 4. The second-order valence-corrected chi connectivity index (χ2v) is 6.17. The van der Waals surface area contributed by atoms with Crippen LogP contribution in [0.1, 0.15) is 17.9 Å². The van der Waals surface area contributed by atoms with E-state index in [4.69, 9.17) is 4.74 Å². The van der Waals surface area contributed by atoms with E-state index in [1.807, 2.05) is 23.9 Å². The molecule has 1 fully saturated rings. The van der Waals surface area contributed by atoms with Crippen LogP contribution in [-0.2, 0) is 7.05 Å². The fraction of sp³-hybridized carbons (Fsp3) is 0.333. The Morgan fingerprint density at radius 3 is 2.88 bits per heavy atom. The number of ether oxygens (including phenoxy) is 1. The Morgan fingerprint density at radius 1 is 1.25 bits per heavy atom. The molecule has 2 aromatic heterocycles. The fourth-order valence-electron chi connectivity index (χ4n) is 3.40. The third kappa shape index (κ3) is 2.48. The predicted octanol–water partition coefficient (Wildman–Crippen LogP) is 3.11. The molecule has 4 rings (SSSR count). The quantitative estimate of drug-likeness (QED) is 0.742. The van der Waals surface area contributed by atoms with E-state index in [0.717, 1.165) is 36.5 Å². The van der Waals surface area contributed by atoms with Crippen LogP contribution in [0, 0.1) is 5.82 Å². The molecule has 6 heteroatoms. The Labute approximate surface area is 139 Å². The molecule has 1 atom stereocenters. The smallest absolute Gasteiger partial charge is 0.212 e. The number of aromatic nitrogens is 3. The number of anilines is 1. The molecule has 0 saturated carbocycles. The van der Waals surface area contributed by atoms with Crippen LogP contribution in [0.5, 0.6) is 5.88 Å². The minimum absolute atomic E-state index is 0.236. The first-order valence-corrected chi connectivity index (χ1v) is 8.02. The molecule has 0 bridgehead atoms. The first-order valence-electron chi connectivity index (χ1n) is 8.02. The van der Waals surface area contributed by atoms with Crippen molar-refractivity contribution in [1.29, 1.82) is 0 Å². The zero-order chi connectivity index (χ0) is 16.7. The van der Waals surface area contributed by atoms with Gasteiger partial charge in [-0.15, -0.1) is 0 Å². The lowest BCUT2D eigenvalue weighted by Gasteiger charge is -2.17. The molecule has 3 heterocycles. The minimum atomic E-state index is -0.236. The van der Waals surface area contributed by atoms with Crippen LogP contribution >= 0.6 is 0 Å². The van der Waals surface area contributed by atoms with Gasteiger partial charge in [0, 0.05) is 38.3 Å². The Bertz CT molecular complexity index is 875. The van der Waals surface area contributed by atoms with Crippen LogP contribution in [0.25, 0.3) is 11.0 Å². The van der Waals surface area contributed by atoms with E-state index in [1.54, 1.807) is 13.2 Å². The van der Waals surface area contributed by atoms with Crippen LogP contribution in [0.3, 0.4) is 0 Å². The summed E-state index contributed by atoms with van der Waals surface area (Å²) in [5, 5.41) is 0. The third-order valence-corrected chi connectivity index (χ3v) is 4.73. The molecule has 0 N–H and O–H groups in total. The topological polar surface area (TPSA) is 43.2 Å². The number of nitrogens with zero attached hydrogens (tertiary/aromatic N) is 4. The number of methoxy groups -OCH3 is 1. The number of aryl methyl sites for hydroxylation is 1. The molecule has 5 nitrogen and oxygen atoms in total. The van der Waals surface area contributed by atoms with Crippen LogP contribution in [-0.4, -0.2) is 34.7 Å². The normalized spacial score (nSPS) is 17.6. The lowest BCUT2D eigenvalue weighted by molar-refractivity contribution is 0.397. The van der Waals surface area contributed by atoms with Gasteiger partial charge in [-0.2, -0.15) is 0 Å². The predicted molar refractivity (Wildman–Crippen MR) is 91.0 cm³/mol. The maximum atomic E-state index is 13.5. The molecule has 0 radical (unpaired) electrons. The molecule has 1 aromatic carbocycles. The highest BCUT2D eigenvalue weighted by Crippen LogP contribution is 2.32. The molecule has 0 amide bonds. The van der Waals surface area contributed by atoms with Gasteiger partial charge in [-0.1, -0.05) is 6.07 Å². The number of rotatable bonds is 3. The molecular formula is C18H19FN4O. The Balaban J connectivity index is 1.59. The lowest BCUT2D eigenvalue weighted by Crippen LogP contribution is -2.22. The Hall–Kier alpha value is -2.63. The summed E-state index contributed by atoms with van der Waals surface area (Å²) in [5.74, 6) is 1.70. The molecule has 1 saturated heterocycles. The summed E-state index contributed by atoms with van der Waals surface area (Å²) in [5.41, 5.74) is 2.85. The average Bonchev–Trinajstić information content (AvgIpc) is 3.21. The van der Waals surface area contributed by atoms with Crippen molar-refractivity contribution in [2.24, 2.45) is 7.05 Å². The molecule has 1 aliphatic heterocycles. The van der Waals surface area contributed by atoms with Crippen molar-refractivity contribution in [3.8, 4) is 5.88 Å². The number of hydrogen-bond donors (Lipinski definition) is 0. The highest BCUT2D eigenvalue weighted by Gasteiger charge is 2.27. The van der Waals surface area contributed by atoms with Crippen molar-refractivity contribution in [2.45, 2.75) is 12.3 Å². The summed E-state index contributed by atoms with van der Waals surface area (Å²) in [4.78, 5) is 11.2. The Morgan fingerprint density at radius 2 is 2.12 bits per heavy atom. The first-order chi connectivity index (χ1) is 11.7. The zero-order valence-corrected chi connectivity index (χ0v) is 13.7. The highest BCUT2D eigenvalue weighted by atomic mass is 19.1. The van der Waals surface area contributed by atoms with Crippen LogP contribution < -0.4 is 9.64 Å². The molecular weight excluding hydrogens is 307 g/mol. The van der Waals surface area contributed by atoms with Gasteiger partial charge < -0.3 is 14.2 Å². The van der Waals surface area contributed by atoms with Crippen molar-refractivity contribution in [1.82, 2.24) is 14.5 Å². The second-order valence-electron chi connectivity index (χ2n) is 6.17. The maximum Gasteiger partial charge on any atom is 0.212 e. The summed E-state index contributed by atoms with van der Waals surface area (Å²) < 4.78 is 20.6. The van der Waals surface area contributed by atoms with Gasteiger partial charge in [0.2, 0.25) is 11.8 Å². The van der Waals surface area contributed by atoms with Gasteiger partial charge in [0.15, 0.2) is 0 Å². The number of benzene rings is 1. The molecule has 24 heavy (non-hydrogen) atoms. The summed E-state index contributed by atoms with van der Waals surface area (Å²) in [6.07, 6.45) is 2.93. The van der Waals surface area contributed by atoms with E-state index in [2.05, 4.69) is 20.9 Å². The van der Waals surface area contributed by atoms with Crippen molar-refractivity contribution >= 4 is 17.0 Å². The lowest BCUT2D eigenvalue weighted by atomic mass is 10.0. The van der Waals surface area contributed by atoms with E-state index in [1.165, 1.54) is 17.7 Å². The molecule has 1 unspecified atom stereocenters. The van der Waals surface area contributed by atoms with Crippen LogP contribution in [0.2, 0.25) is 0 Å². The number of pyridine rings is 1. The van der Waals surface area contributed by atoms with Crippen LogP contribution in [0.15, 0.2) is 36.5 Å². The van der Waals surface area contributed by atoms with Crippen molar-refractivity contribution in [3.05, 3.63) is 47.9 Å². The van der Waals surface area contributed by atoms with E-state index >= 15 is 0 Å². The minimum Gasteiger partial charge on any atom is -0.481 e. The summed E-state index contributed by atoms with van der Waals surface area (Å²) >= 11 is 0. The fourth-order valence-corrected chi connectivity index (χ4v) is 3.40. The summed E-state index contributed by atoms with van der Waals surface area (Å²) in [6, 6.07) is 8.69. The van der Waals surface area contributed by atoms with Gasteiger partial charge in [-0.3, -0.25) is 0 Å². The van der Waals surface area contributed by atoms with E-state index < -0.39 is 0 Å². The number of imidazole rings is 1. The average molecular weight is 326 g/mol. The highest BCUT2D eigenvalue weighted by molar-refractivity contribution is 5.78. The molecule has 1 aliphatic rings. The van der Waals surface area contributed by atoms with Gasteiger partial charge in [-0.05, 0) is 30.2 Å². The second kappa shape index (κ2) is 5.78. The van der Waals surface area contributed by atoms with Gasteiger partial charge in [0.05, 0.1) is 18.1 Å². The summed E-state index contributed by atoms with van der Waals surface area (Å²) in [7, 11) is 3.56. The molecule has 124 valence electrons. The first kappa shape index (κ1) is 14.9. The van der Waals surface area contributed by atoms with E-state index in [0.29, 0.717) is 11.8 Å². The van der Waals surface area contributed by atoms with Gasteiger partial charge >= 0.3 is 0 Å². The Kier molecular flexibility index (Phi) is 3.59. The van der Waals surface area contributed by atoms with Crippen molar-refractivity contribution in [2.75, 3.05) is 25.1 Å². The zero-order valence-electron chi connectivity index (χ0n) is 13.7. The molecule has 3 aromatic rings. The van der Waals surface area contributed by atoms with Crippen molar-refractivity contribution < 1.29 is 9.13 Å². The van der Waals surface area contributed by atoms with Crippen LogP contribution in [0.4, 0.5) is 10.3 Å². The van der Waals surface area contributed by atoms with E-state index in [-0.39, 0.29) is 5.82 Å². The van der Waals surface area contributed by atoms with Gasteiger partial charge in [0.1, 0.15) is 5.82 Å². The molecule has 0 spiro atoms. The van der Waals surface area contributed by atoms with Gasteiger partial charge in [0.25, 0.3) is 0 Å². The SMILES string of the molecule is COc1ccc(C2CCN(c3nc4ccc(F)cc4n3C)C2)cn1. The number of halogens is 1. The number of fused-ring (bicyclic) bond motifs is 1. The molecule has 0 aliphatic carbocycles. The maximum absolute atomic E-state index is 13.5. The standard InChI is InChI=1S/C18H19FN4O/c1-22-16-9-14(19)4-5-15(16)21-18(22)23-8-7-13(11-23)12-3-6-17(24-2)20-10-12/h3-6,9-10,13H,7-8,11H2,1-2H3. The third-order valence-electron chi connectivity index (χ3n) is 4.73. The summed E-state index contributed by atoms with van der Waals surface area (Å²) in [6.45, 7) is 1.81. The monoisotopic (exact) mass is 326 g/mol.